The van der Waals surface area contributed by atoms with E-state index in [0.717, 1.165) is 24.8 Å². The summed E-state index contributed by atoms with van der Waals surface area (Å²) in [4.78, 5) is 0. The first-order valence-electron chi connectivity index (χ1n) is 6.57. The van der Waals surface area contributed by atoms with Gasteiger partial charge in [0, 0.05) is 0 Å². The van der Waals surface area contributed by atoms with Gasteiger partial charge in [0.25, 0.3) is 0 Å². The van der Waals surface area contributed by atoms with Crippen LogP contribution in [0.3, 0.4) is 0 Å². The molecule has 0 spiro atoms. The van der Waals surface area contributed by atoms with Gasteiger partial charge in [0.05, 0.1) is 0 Å². The molecule has 0 unspecified atom stereocenters. The Bertz CT molecular complexity index is 328. The molecule has 1 N–H and O–H groups in total. The highest BCUT2D eigenvalue weighted by Crippen LogP contribution is 2.26. The zero-order valence-corrected chi connectivity index (χ0v) is 10.8. The second-order valence-electron chi connectivity index (χ2n) is 4.37. The van der Waals surface area contributed by atoms with Crippen molar-refractivity contribution in [2.24, 2.45) is 0 Å². The summed E-state index contributed by atoms with van der Waals surface area (Å²) in [5.41, 5.74) is 3.96. The van der Waals surface area contributed by atoms with Gasteiger partial charge in [0.2, 0.25) is 0 Å². The van der Waals surface area contributed by atoms with Gasteiger partial charge in [-0.3, -0.25) is 0 Å². The molecule has 0 saturated heterocycles. The highest BCUT2D eigenvalue weighted by Gasteiger charge is 2.09. The molecule has 0 heterocycles. The molecule has 0 bridgehead atoms. The average molecular weight is 220 g/mol. The van der Waals surface area contributed by atoms with E-state index in [1.165, 1.54) is 30.4 Å². The van der Waals surface area contributed by atoms with Crippen molar-refractivity contribution in [1.82, 2.24) is 0 Å². The predicted molar refractivity (Wildman–Crippen MR) is 70.1 cm³/mol. The number of aryl methyl sites for hydroxylation is 1. The van der Waals surface area contributed by atoms with Crippen molar-refractivity contribution in [2.75, 3.05) is 0 Å². The summed E-state index contributed by atoms with van der Waals surface area (Å²) in [5, 5.41) is 9.82. The monoisotopic (exact) mass is 220 g/mol. The maximum atomic E-state index is 9.82. The lowest BCUT2D eigenvalue weighted by Crippen LogP contribution is -1.99. The molecule has 0 radical (unpaired) electrons. The van der Waals surface area contributed by atoms with Crippen molar-refractivity contribution in [3.63, 3.8) is 0 Å². The Kier molecular flexibility index (Phi) is 5.37. The van der Waals surface area contributed by atoms with Gasteiger partial charge < -0.3 is 5.11 Å². The fraction of sp³-hybridized carbons (Fsp3) is 0.600. The molecule has 0 amide bonds. The minimum atomic E-state index is 0.471. The number of phenols is 1. The van der Waals surface area contributed by atoms with Crippen LogP contribution >= 0.6 is 0 Å². The van der Waals surface area contributed by atoms with Crippen LogP contribution in [0.2, 0.25) is 0 Å². The Balaban J connectivity index is 2.91. The highest BCUT2D eigenvalue weighted by molar-refractivity contribution is 5.44. The third kappa shape index (κ3) is 3.01. The van der Waals surface area contributed by atoms with E-state index in [9.17, 15) is 5.11 Å². The molecule has 1 heteroatoms. The van der Waals surface area contributed by atoms with Crippen LogP contribution in [0.1, 0.15) is 56.7 Å². The maximum Gasteiger partial charge on any atom is 0.119 e. The third-order valence-electron chi connectivity index (χ3n) is 3.26. The number of benzene rings is 1. The summed E-state index contributed by atoms with van der Waals surface area (Å²) in [6.07, 6.45) is 6.93. The zero-order valence-electron chi connectivity index (χ0n) is 10.8. The number of hydrogen-bond donors (Lipinski definition) is 1. The lowest BCUT2D eigenvalue weighted by Gasteiger charge is -2.14. The molecule has 90 valence electrons. The molecule has 0 aromatic heterocycles. The Morgan fingerprint density at radius 1 is 0.938 bits per heavy atom. The molecular weight excluding hydrogens is 196 g/mol. The molecule has 0 saturated carbocycles. The first-order chi connectivity index (χ1) is 7.74. The number of aromatic hydroxyl groups is 1. The molecule has 0 atom stereocenters. The summed E-state index contributed by atoms with van der Waals surface area (Å²) < 4.78 is 0. The van der Waals surface area contributed by atoms with Crippen molar-refractivity contribution >= 4 is 0 Å². The molecule has 0 aliphatic carbocycles. The van der Waals surface area contributed by atoms with Crippen LogP contribution < -0.4 is 0 Å². The highest BCUT2D eigenvalue weighted by atomic mass is 16.3. The van der Waals surface area contributed by atoms with Gasteiger partial charge in [-0.2, -0.15) is 0 Å². The molecule has 1 rings (SSSR count). The number of rotatable bonds is 6. The van der Waals surface area contributed by atoms with Crippen molar-refractivity contribution in [2.45, 2.75) is 59.3 Å². The molecule has 0 aliphatic rings. The van der Waals surface area contributed by atoms with Gasteiger partial charge in [0.1, 0.15) is 5.75 Å². The van der Waals surface area contributed by atoms with Gasteiger partial charge in [-0.1, -0.05) is 39.7 Å². The largest absolute Gasteiger partial charge is 0.508 e. The summed E-state index contributed by atoms with van der Waals surface area (Å²) in [7, 11) is 0. The van der Waals surface area contributed by atoms with E-state index in [1.807, 2.05) is 6.07 Å². The van der Waals surface area contributed by atoms with Gasteiger partial charge >= 0.3 is 0 Å². The van der Waals surface area contributed by atoms with E-state index in [1.54, 1.807) is 0 Å². The van der Waals surface area contributed by atoms with Crippen molar-refractivity contribution in [3.8, 4) is 5.75 Å². The van der Waals surface area contributed by atoms with E-state index in [2.05, 4.69) is 26.8 Å². The molecule has 1 nitrogen and oxygen atoms in total. The van der Waals surface area contributed by atoms with Crippen LogP contribution in [-0.2, 0) is 19.3 Å². The zero-order chi connectivity index (χ0) is 12.0. The number of unbranched alkanes of at least 4 members (excludes halogenated alkanes) is 2. The topological polar surface area (TPSA) is 20.2 Å². The summed E-state index contributed by atoms with van der Waals surface area (Å²) in [6, 6.07) is 3.96. The van der Waals surface area contributed by atoms with Crippen LogP contribution in [0.25, 0.3) is 0 Å². The number of hydrogen-bond acceptors (Lipinski definition) is 1. The fourth-order valence-corrected chi connectivity index (χ4v) is 2.36. The lowest BCUT2D eigenvalue weighted by molar-refractivity contribution is 0.467. The van der Waals surface area contributed by atoms with Crippen molar-refractivity contribution in [3.05, 3.63) is 28.8 Å². The average Bonchev–Trinajstić information content (AvgIpc) is 2.30. The molecule has 1 aromatic rings. The molecule has 0 fully saturated rings. The Morgan fingerprint density at radius 3 is 2.19 bits per heavy atom. The van der Waals surface area contributed by atoms with Crippen LogP contribution in [0, 0.1) is 0 Å². The Labute approximate surface area is 99.5 Å². The van der Waals surface area contributed by atoms with Crippen molar-refractivity contribution < 1.29 is 5.11 Å². The Hall–Kier alpha value is -0.980. The van der Waals surface area contributed by atoms with Crippen LogP contribution in [0.5, 0.6) is 5.75 Å². The molecule has 0 aliphatic heterocycles. The van der Waals surface area contributed by atoms with Gasteiger partial charge in [-0.25, -0.2) is 0 Å². The number of phenolic OH excluding ortho intramolecular Hbond substituents is 1. The second-order valence-corrected chi connectivity index (χ2v) is 4.37. The van der Waals surface area contributed by atoms with Gasteiger partial charge in [0.15, 0.2) is 0 Å². The normalized spacial score (nSPS) is 10.7. The first kappa shape index (κ1) is 13.1. The Morgan fingerprint density at radius 2 is 1.62 bits per heavy atom. The fourth-order valence-electron chi connectivity index (χ4n) is 2.36. The predicted octanol–water partition coefficient (Wildman–Crippen LogP) is 4.25. The lowest BCUT2D eigenvalue weighted by atomic mass is 9.93. The first-order valence-corrected chi connectivity index (χ1v) is 6.57. The smallest absolute Gasteiger partial charge is 0.119 e. The standard InChI is InChI=1S/C15H24O/c1-4-7-8-9-12-10-11-15(16)14(6-3)13(12)5-2/h10-11,16H,4-9H2,1-3H3. The third-order valence-corrected chi connectivity index (χ3v) is 3.26. The van der Waals surface area contributed by atoms with Crippen molar-refractivity contribution in [1.29, 1.82) is 0 Å². The summed E-state index contributed by atoms with van der Waals surface area (Å²) >= 11 is 0. The van der Waals surface area contributed by atoms with Crippen LogP contribution in [0.4, 0.5) is 0 Å². The maximum absolute atomic E-state index is 9.82. The molecule has 16 heavy (non-hydrogen) atoms. The SMILES string of the molecule is CCCCCc1ccc(O)c(CC)c1CC. The van der Waals surface area contributed by atoms with E-state index < -0.39 is 0 Å². The minimum absolute atomic E-state index is 0.471. The van der Waals surface area contributed by atoms with E-state index >= 15 is 0 Å². The van der Waals surface area contributed by atoms with E-state index in [0.29, 0.717) is 5.75 Å². The van der Waals surface area contributed by atoms with E-state index in [-0.39, 0.29) is 0 Å². The van der Waals surface area contributed by atoms with Gasteiger partial charge in [-0.15, -0.1) is 0 Å². The van der Waals surface area contributed by atoms with Crippen LogP contribution in [-0.4, -0.2) is 5.11 Å². The summed E-state index contributed by atoms with van der Waals surface area (Å²) in [5.74, 6) is 0.471. The second kappa shape index (κ2) is 6.57. The van der Waals surface area contributed by atoms with Crippen LogP contribution in [0.15, 0.2) is 12.1 Å². The molecule has 1 aromatic carbocycles. The van der Waals surface area contributed by atoms with Gasteiger partial charge in [-0.05, 0) is 48.4 Å². The minimum Gasteiger partial charge on any atom is -0.508 e. The summed E-state index contributed by atoms with van der Waals surface area (Å²) in [6.45, 7) is 6.52. The molecular formula is C15H24O. The van der Waals surface area contributed by atoms with E-state index in [4.69, 9.17) is 0 Å². The quantitative estimate of drug-likeness (QED) is 0.711.